The monoisotopic (exact) mass is 471 g/mol. The maximum atomic E-state index is 12.9. The van der Waals surface area contributed by atoms with Gasteiger partial charge in [-0.25, -0.2) is 13.1 Å². The first-order chi connectivity index (χ1) is 15.9. The van der Waals surface area contributed by atoms with Crippen LogP contribution in [-0.4, -0.2) is 53.8 Å². The highest BCUT2D eigenvalue weighted by Crippen LogP contribution is 2.23. The van der Waals surface area contributed by atoms with E-state index >= 15 is 0 Å². The number of aryl methyl sites for hydroxylation is 2. The highest BCUT2D eigenvalue weighted by atomic mass is 32.2. The fourth-order valence-corrected chi connectivity index (χ4v) is 4.95. The van der Waals surface area contributed by atoms with Crippen LogP contribution in [0.2, 0.25) is 0 Å². The Balaban J connectivity index is 1.76. The van der Waals surface area contributed by atoms with Crippen LogP contribution in [0.15, 0.2) is 53.2 Å². The molecular formula is C24H33N5O3S. The van der Waals surface area contributed by atoms with Crippen LogP contribution >= 0.6 is 0 Å². The number of pyridine rings is 1. The van der Waals surface area contributed by atoms with Gasteiger partial charge in [-0.2, -0.15) is 4.98 Å². The SMILES string of the molecule is CCN(CC)CCCS(=O)(=O)N[C@H](CCc1ccccc1)c1nc(-c2ncccc2C)no1. The van der Waals surface area contributed by atoms with Gasteiger partial charge in [-0.05, 0) is 63.0 Å². The molecule has 1 atom stereocenters. The van der Waals surface area contributed by atoms with Crippen molar-refractivity contribution < 1.29 is 12.9 Å². The van der Waals surface area contributed by atoms with Crippen LogP contribution in [0.5, 0.6) is 0 Å². The van der Waals surface area contributed by atoms with E-state index in [9.17, 15) is 8.42 Å². The molecule has 0 bridgehead atoms. The molecule has 0 amide bonds. The molecule has 1 N–H and O–H groups in total. The number of aromatic nitrogens is 3. The molecular weight excluding hydrogens is 438 g/mol. The summed E-state index contributed by atoms with van der Waals surface area (Å²) >= 11 is 0. The number of benzene rings is 1. The zero-order chi connectivity index (χ0) is 23.7. The molecule has 0 spiro atoms. The quantitative estimate of drug-likeness (QED) is 0.405. The van der Waals surface area contributed by atoms with E-state index in [4.69, 9.17) is 4.52 Å². The first kappa shape index (κ1) is 25.0. The van der Waals surface area contributed by atoms with Gasteiger partial charge in [0, 0.05) is 6.20 Å². The minimum Gasteiger partial charge on any atom is -0.337 e. The molecule has 2 aromatic heterocycles. The summed E-state index contributed by atoms with van der Waals surface area (Å²) in [4.78, 5) is 11.0. The van der Waals surface area contributed by atoms with Crippen LogP contribution in [0.4, 0.5) is 0 Å². The number of hydrogen-bond acceptors (Lipinski definition) is 7. The molecule has 2 heterocycles. The third-order valence-electron chi connectivity index (χ3n) is 5.63. The highest BCUT2D eigenvalue weighted by Gasteiger charge is 2.25. The number of hydrogen-bond donors (Lipinski definition) is 1. The molecule has 0 aliphatic carbocycles. The molecule has 1 aromatic carbocycles. The molecule has 3 aromatic rings. The summed E-state index contributed by atoms with van der Waals surface area (Å²) in [5, 5.41) is 4.07. The van der Waals surface area contributed by atoms with Gasteiger partial charge in [0.2, 0.25) is 21.7 Å². The molecule has 3 rings (SSSR count). The Labute approximate surface area is 196 Å². The van der Waals surface area contributed by atoms with Gasteiger partial charge in [0.15, 0.2) is 0 Å². The van der Waals surface area contributed by atoms with Crippen LogP contribution in [0.1, 0.15) is 49.7 Å². The third kappa shape index (κ3) is 7.45. The lowest BCUT2D eigenvalue weighted by Gasteiger charge is -2.19. The van der Waals surface area contributed by atoms with Crippen molar-refractivity contribution >= 4 is 10.0 Å². The first-order valence-electron chi connectivity index (χ1n) is 11.4. The van der Waals surface area contributed by atoms with E-state index in [1.807, 2.05) is 49.4 Å². The average molecular weight is 472 g/mol. The van der Waals surface area contributed by atoms with E-state index in [0.717, 1.165) is 30.8 Å². The van der Waals surface area contributed by atoms with Gasteiger partial charge in [0.25, 0.3) is 0 Å². The van der Waals surface area contributed by atoms with E-state index in [0.29, 0.717) is 30.8 Å². The molecule has 0 aliphatic heterocycles. The second-order valence-corrected chi connectivity index (χ2v) is 9.89. The molecule has 0 saturated heterocycles. The van der Waals surface area contributed by atoms with Gasteiger partial charge < -0.3 is 9.42 Å². The van der Waals surface area contributed by atoms with Crippen LogP contribution in [0, 0.1) is 6.92 Å². The summed E-state index contributed by atoms with van der Waals surface area (Å²) in [6.45, 7) is 8.62. The molecule has 9 heteroatoms. The van der Waals surface area contributed by atoms with Crippen LogP contribution in [0.3, 0.4) is 0 Å². The van der Waals surface area contributed by atoms with Crippen molar-refractivity contribution in [2.24, 2.45) is 0 Å². The number of sulfonamides is 1. The fourth-order valence-electron chi connectivity index (χ4n) is 3.67. The zero-order valence-corrected chi connectivity index (χ0v) is 20.4. The molecule has 0 saturated carbocycles. The second kappa shape index (κ2) is 12.0. The van der Waals surface area contributed by atoms with E-state index in [1.54, 1.807) is 6.20 Å². The highest BCUT2D eigenvalue weighted by molar-refractivity contribution is 7.89. The smallest absolute Gasteiger partial charge is 0.245 e. The summed E-state index contributed by atoms with van der Waals surface area (Å²) in [5.74, 6) is 0.651. The van der Waals surface area contributed by atoms with Crippen molar-refractivity contribution in [2.75, 3.05) is 25.4 Å². The summed E-state index contributed by atoms with van der Waals surface area (Å²) in [6, 6.07) is 13.1. The molecule has 178 valence electrons. The molecule has 33 heavy (non-hydrogen) atoms. The Morgan fingerprint density at radius 1 is 1.09 bits per heavy atom. The van der Waals surface area contributed by atoms with Crippen molar-refractivity contribution in [3.63, 3.8) is 0 Å². The Morgan fingerprint density at radius 3 is 2.55 bits per heavy atom. The lowest BCUT2D eigenvalue weighted by atomic mass is 10.1. The summed E-state index contributed by atoms with van der Waals surface area (Å²) < 4.78 is 34.1. The largest absolute Gasteiger partial charge is 0.337 e. The van der Waals surface area contributed by atoms with E-state index in [1.165, 1.54) is 0 Å². The maximum absolute atomic E-state index is 12.9. The molecule has 0 unspecified atom stereocenters. The van der Waals surface area contributed by atoms with Crippen LogP contribution < -0.4 is 4.72 Å². The minimum absolute atomic E-state index is 0.0473. The second-order valence-electron chi connectivity index (χ2n) is 8.02. The van der Waals surface area contributed by atoms with E-state index < -0.39 is 16.1 Å². The van der Waals surface area contributed by atoms with Gasteiger partial charge in [0.05, 0.1) is 5.75 Å². The molecule has 0 radical (unpaired) electrons. The van der Waals surface area contributed by atoms with Crippen LogP contribution in [0.25, 0.3) is 11.5 Å². The van der Waals surface area contributed by atoms with Gasteiger partial charge in [-0.3, -0.25) is 4.98 Å². The van der Waals surface area contributed by atoms with Crippen molar-refractivity contribution in [3.05, 3.63) is 65.7 Å². The Hall–Kier alpha value is -2.62. The summed E-state index contributed by atoms with van der Waals surface area (Å²) in [6.07, 6.45) is 3.41. The molecule has 8 nitrogen and oxygen atoms in total. The summed E-state index contributed by atoms with van der Waals surface area (Å²) in [5.41, 5.74) is 2.66. The first-order valence-corrected chi connectivity index (χ1v) is 13.1. The predicted octanol–water partition coefficient (Wildman–Crippen LogP) is 3.77. The fraction of sp³-hybridized carbons (Fsp3) is 0.458. The topological polar surface area (TPSA) is 101 Å². The molecule has 0 fully saturated rings. The number of nitrogens with one attached hydrogen (secondary N) is 1. The Morgan fingerprint density at radius 2 is 1.85 bits per heavy atom. The average Bonchev–Trinajstić information content (AvgIpc) is 3.30. The van der Waals surface area contributed by atoms with Crippen molar-refractivity contribution in [2.45, 2.75) is 46.1 Å². The number of nitrogens with zero attached hydrogens (tertiary/aromatic N) is 4. The maximum Gasteiger partial charge on any atom is 0.245 e. The van der Waals surface area contributed by atoms with Crippen LogP contribution in [-0.2, 0) is 16.4 Å². The van der Waals surface area contributed by atoms with Gasteiger partial charge in [0.1, 0.15) is 11.7 Å². The lowest BCUT2D eigenvalue weighted by Crippen LogP contribution is -2.33. The normalized spacial score (nSPS) is 12.8. The van der Waals surface area contributed by atoms with Crippen molar-refractivity contribution in [1.29, 1.82) is 0 Å². The standard InChI is InChI=1S/C24H33N5O3S/c1-4-29(5-2)17-10-18-33(30,31)28-21(15-14-20-12-7-6-8-13-20)24-26-23(27-32-24)22-19(3)11-9-16-25-22/h6-9,11-13,16,21,28H,4-5,10,14-15,17-18H2,1-3H3/t21-/m1/s1. The summed E-state index contributed by atoms with van der Waals surface area (Å²) in [7, 11) is -3.53. The minimum atomic E-state index is -3.53. The lowest BCUT2D eigenvalue weighted by molar-refractivity contribution is 0.304. The predicted molar refractivity (Wildman–Crippen MR) is 129 cm³/mol. The van der Waals surface area contributed by atoms with Gasteiger partial charge in [-0.15, -0.1) is 0 Å². The Bertz CT molecular complexity index is 1100. The van der Waals surface area contributed by atoms with Crippen molar-refractivity contribution in [3.8, 4) is 11.5 Å². The van der Waals surface area contributed by atoms with Crippen molar-refractivity contribution in [1.82, 2.24) is 24.7 Å². The van der Waals surface area contributed by atoms with Gasteiger partial charge >= 0.3 is 0 Å². The van der Waals surface area contributed by atoms with Gasteiger partial charge in [-0.1, -0.05) is 55.4 Å². The third-order valence-corrected chi connectivity index (χ3v) is 7.10. The number of rotatable bonds is 13. The van der Waals surface area contributed by atoms with E-state index in [2.05, 4.69) is 38.6 Å². The zero-order valence-electron chi connectivity index (χ0n) is 19.6. The van der Waals surface area contributed by atoms with E-state index in [-0.39, 0.29) is 11.6 Å². The Kier molecular flexibility index (Phi) is 9.11. The molecule has 0 aliphatic rings.